The van der Waals surface area contributed by atoms with Gasteiger partial charge in [-0.25, -0.2) is 9.97 Å². The summed E-state index contributed by atoms with van der Waals surface area (Å²) in [7, 11) is 1.61. The predicted molar refractivity (Wildman–Crippen MR) is 59.4 cm³/mol. The van der Waals surface area contributed by atoms with E-state index in [1.165, 1.54) is 32.0 Å². The number of methoxy groups -OCH3 is 1. The Kier molecular flexibility index (Phi) is 2.23. The Bertz CT molecular complexity index is 502. The van der Waals surface area contributed by atoms with Gasteiger partial charge >= 0.3 is 0 Å². The van der Waals surface area contributed by atoms with Crippen LogP contribution in [0.15, 0.2) is 12.7 Å². The summed E-state index contributed by atoms with van der Waals surface area (Å²) in [5.74, 6) is 0.557. The average molecular weight is 218 g/mol. The van der Waals surface area contributed by atoms with Crippen LogP contribution >= 0.6 is 0 Å². The third kappa shape index (κ3) is 1.35. The number of hydrogen-bond acceptors (Lipinski definition) is 4. The van der Waals surface area contributed by atoms with Gasteiger partial charge in [0.15, 0.2) is 11.2 Å². The number of fused-ring (bicyclic) bond motifs is 1. The molecule has 0 bridgehead atoms. The minimum absolute atomic E-state index is 0.546. The van der Waals surface area contributed by atoms with Gasteiger partial charge < -0.3 is 9.30 Å². The van der Waals surface area contributed by atoms with Crippen molar-refractivity contribution < 1.29 is 4.74 Å². The molecule has 0 aromatic carbocycles. The van der Waals surface area contributed by atoms with E-state index in [2.05, 4.69) is 19.5 Å². The first-order chi connectivity index (χ1) is 7.90. The third-order valence-electron chi connectivity index (χ3n) is 3.24. The standard InChI is InChI=1S/C11H14N4O/c1-16-11-9-10(12-6-13-11)15(7-14-9)8-4-2-3-5-8/h6-8H,2-5H2,1H3. The van der Waals surface area contributed by atoms with E-state index in [1.807, 2.05) is 6.33 Å². The minimum Gasteiger partial charge on any atom is -0.479 e. The Morgan fingerprint density at radius 1 is 1.25 bits per heavy atom. The first-order valence-electron chi connectivity index (χ1n) is 5.61. The fraction of sp³-hybridized carbons (Fsp3) is 0.545. The summed E-state index contributed by atoms with van der Waals surface area (Å²) in [5, 5.41) is 0. The molecule has 1 saturated carbocycles. The third-order valence-corrected chi connectivity index (χ3v) is 3.24. The quantitative estimate of drug-likeness (QED) is 0.773. The Morgan fingerprint density at radius 2 is 2.06 bits per heavy atom. The molecule has 5 heteroatoms. The van der Waals surface area contributed by atoms with Gasteiger partial charge in [0.05, 0.1) is 13.4 Å². The van der Waals surface area contributed by atoms with E-state index in [-0.39, 0.29) is 0 Å². The van der Waals surface area contributed by atoms with Crippen molar-refractivity contribution in [2.45, 2.75) is 31.7 Å². The van der Waals surface area contributed by atoms with Crippen LogP contribution in [0.3, 0.4) is 0 Å². The molecule has 0 aliphatic heterocycles. The first-order valence-corrected chi connectivity index (χ1v) is 5.61. The van der Waals surface area contributed by atoms with Gasteiger partial charge in [-0.05, 0) is 12.8 Å². The second kappa shape index (κ2) is 3.73. The molecule has 2 aromatic rings. The van der Waals surface area contributed by atoms with E-state index < -0.39 is 0 Å². The molecular weight excluding hydrogens is 204 g/mol. The molecule has 0 radical (unpaired) electrons. The second-order valence-electron chi connectivity index (χ2n) is 4.15. The second-order valence-corrected chi connectivity index (χ2v) is 4.15. The lowest BCUT2D eigenvalue weighted by atomic mass is 10.2. The SMILES string of the molecule is COc1ncnc2c1ncn2C1CCCC1. The van der Waals surface area contributed by atoms with Crippen molar-refractivity contribution in [3.8, 4) is 5.88 Å². The van der Waals surface area contributed by atoms with Crippen molar-refractivity contribution in [3.63, 3.8) is 0 Å². The molecule has 2 heterocycles. The van der Waals surface area contributed by atoms with Crippen molar-refractivity contribution in [2.24, 2.45) is 0 Å². The van der Waals surface area contributed by atoms with Crippen LogP contribution in [0.1, 0.15) is 31.7 Å². The summed E-state index contributed by atoms with van der Waals surface area (Å²) >= 11 is 0. The summed E-state index contributed by atoms with van der Waals surface area (Å²) in [6.07, 6.45) is 8.43. The van der Waals surface area contributed by atoms with Crippen molar-refractivity contribution in [3.05, 3.63) is 12.7 Å². The van der Waals surface area contributed by atoms with E-state index in [0.717, 1.165) is 11.2 Å². The Morgan fingerprint density at radius 3 is 2.81 bits per heavy atom. The minimum atomic E-state index is 0.546. The molecule has 0 saturated heterocycles. The van der Waals surface area contributed by atoms with Gasteiger partial charge in [0.2, 0.25) is 5.88 Å². The number of aromatic nitrogens is 4. The highest BCUT2D eigenvalue weighted by Gasteiger charge is 2.20. The van der Waals surface area contributed by atoms with Crippen LogP contribution in [0.4, 0.5) is 0 Å². The molecule has 16 heavy (non-hydrogen) atoms. The zero-order valence-electron chi connectivity index (χ0n) is 9.26. The maximum absolute atomic E-state index is 5.18. The molecule has 0 N–H and O–H groups in total. The Labute approximate surface area is 93.5 Å². The fourth-order valence-electron chi connectivity index (χ4n) is 2.43. The lowest BCUT2D eigenvalue weighted by Gasteiger charge is -2.11. The first kappa shape index (κ1) is 9.57. The summed E-state index contributed by atoms with van der Waals surface area (Å²) < 4.78 is 7.34. The fourth-order valence-corrected chi connectivity index (χ4v) is 2.43. The normalized spacial score (nSPS) is 17.1. The van der Waals surface area contributed by atoms with Crippen molar-refractivity contribution >= 4 is 11.2 Å². The lowest BCUT2D eigenvalue weighted by Crippen LogP contribution is -2.04. The highest BCUT2D eigenvalue weighted by molar-refractivity contribution is 5.76. The van der Waals surface area contributed by atoms with E-state index in [9.17, 15) is 0 Å². The van der Waals surface area contributed by atoms with Gasteiger partial charge in [-0.1, -0.05) is 12.8 Å². The van der Waals surface area contributed by atoms with Gasteiger partial charge in [0, 0.05) is 6.04 Å². The summed E-state index contributed by atoms with van der Waals surface area (Å²) in [5.41, 5.74) is 1.65. The molecule has 1 fully saturated rings. The zero-order valence-corrected chi connectivity index (χ0v) is 9.26. The maximum atomic E-state index is 5.18. The van der Waals surface area contributed by atoms with Crippen LogP contribution < -0.4 is 4.74 Å². The van der Waals surface area contributed by atoms with Crippen molar-refractivity contribution in [1.82, 2.24) is 19.5 Å². The molecule has 0 atom stereocenters. The molecule has 2 aromatic heterocycles. The van der Waals surface area contributed by atoms with Crippen LogP contribution in [-0.4, -0.2) is 26.6 Å². The smallest absolute Gasteiger partial charge is 0.245 e. The molecule has 0 spiro atoms. The van der Waals surface area contributed by atoms with Gasteiger partial charge in [0.1, 0.15) is 6.33 Å². The van der Waals surface area contributed by atoms with Crippen LogP contribution in [0, 0.1) is 0 Å². The zero-order chi connectivity index (χ0) is 11.0. The van der Waals surface area contributed by atoms with E-state index >= 15 is 0 Å². The number of imidazole rings is 1. The molecule has 1 aliphatic carbocycles. The summed E-state index contributed by atoms with van der Waals surface area (Å²) in [4.78, 5) is 12.7. The van der Waals surface area contributed by atoms with Crippen LogP contribution in [0.2, 0.25) is 0 Å². The molecule has 0 unspecified atom stereocenters. The van der Waals surface area contributed by atoms with Crippen molar-refractivity contribution in [2.75, 3.05) is 7.11 Å². The highest BCUT2D eigenvalue weighted by atomic mass is 16.5. The Hall–Kier alpha value is -1.65. The van der Waals surface area contributed by atoms with Gasteiger partial charge in [-0.15, -0.1) is 0 Å². The number of hydrogen-bond donors (Lipinski definition) is 0. The number of rotatable bonds is 2. The monoisotopic (exact) mass is 218 g/mol. The number of nitrogens with zero attached hydrogens (tertiary/aromatic N) is 4. The predicted octanol–water partition coefficient (Wildman–Crippen LogP) is 1.95. The Balaban J connectivity index is 2.12. The topological polar surface area (TPSA) is 52.8 Å². The number of ether oxygens (including phenoxy) is 1. The van der Waals surface area contributed by atoms with Crippen LogP contribution in [-0.2, 0) is 0 Å². The lowest BCUT2D eigenvalue weighted by molar-refractivity contribution is 0.401. The van der Waals surface area contributed by atoms with E-state index in [4.69, 9.17) is 4.74 Å². The van der Waals surface area contributed by atoms with Gasteiger partial charge in [-0.3, -0.25) is 0 Å². The van der Waals surface area contributed by atoms with Crippen molar-refractivity contribution in [1.29, 1.82) is 0 Å². The van der Waals surface area contributed by atoms with Crippen LogP contribution in [0.25, 0.3) is 11.2 Å². The molecular formula is C11H14N4O. The molecule has 5 nitrogen and oxygen atoms in total. The molecule has 3 rings (SSSR count). The van der Waals surface area contributed by atoms with E-state index in [0.29, 0.717) is 11.9 Å². The molecule has 0 amide bonds. The average Bonchev–Trinajstić information content (AvgIpc) is 2.96. The van der Waals surface area contributed by atoms with Crippen LogP contribution in [0.5, 0.6) is 5.88 Å². The molecule has 1 aliphatic rings. The van der Waals surface area contributed by atoms with Gasteiger partial charge in [0.25, 0.3) is 0 Å². The highest BCUT2D eigenvalue weighted by Crippen LogP contribution is 2.32. The van der Waals surface area contributed by atoms with Gasteiger partial charge in [-0.2, -0.15) is 4.98 Å². The summed E-state index contributed by atoms with van der Waals surface area (Å²) in [6, 6.07) is 0.546. The largest absolute Gasteiger partial charge is 0.479 e. The summed E-state index contributed by atoms with van der Waals surface area (Å²) in [6.45, 7) is 0. The maximum Gasteiger partial charge on any atom is 0.245 e. The van der Waals surface area contributed by atoms with E-state index in [1.54, 1.807) is 7.11 Å². The molecule has 84 valence electrons.